The Balaban J connectivity index is 3.61. The van der Waals surface area contributed by atoms with Gasteiger partial charge in [0.05, 0.1) is 6.61 Å². The molecule has 3 heteroatoms. The van der Waals surface area contributed by atoms with Crippen LogP contribution in [-0.4, -0.2) is 44.3 Å². The van der Waals surface area contributed by atoms with E-state index in [9.17, 15) is 0 Å². The van der Waals surface area contributed by atoms with Crippen LogP contribution in [0.15, 0.2) is 0 Å². The third-order valence-corrected chi connectivity index (χ3v) is 2.06. The molecule has 0 saturated carbocycles. The Hall–Kier alpha value is -0.120. The van der Waals surface area contributed by atoms with Gasteiger partial charge in [-0.3, -0.25) is 0 Å². The second-order valence-corrected chi connectivity index (χ2v) is 4.03. The molecule has 0 aromatic heterocycles. The molecular weight excluding hydrogens is 176 g/mol. The van der Waals surface area contributed by atoms with Crippen LogP contribution in [0.25, 0.3) is 0 Å². The third kappa shape index (κ3) is 8.48. The average molecular weight is 202 g/mol. The van der Waals surface area contributed by atoms with Crippen molar-refractivity contribution in [3.05, 3.63) is 0 Å². The van der Waals surface area contributed by atoms with Crippen LogP contribution in [0.4, 0.5) is 0 Å². The maximum Gasteiger partial charge on any atom is 0.0593 e. The van der Waals surface area contributed by atoms with Gasteiger partial charge in [0.15, 0.2) is 0 Å². The normalized spacial score (nSPS) is 11.6. The van der Waals surface area contributed by atoms with E-state index in [1.54, 1.807) is 0 Å². The predicted octanol–water partition coefficient (Wildman–Crippen LogP) is 1.33. The van der Waals surface area contributed by atoms with Crippen LogP contribution in [0.1, 0.15) is 27.2 Å². The van der Waals surface area contributed by atoms with E-state index in [0.717, 1.165) is 51.7 Å². The zero-order chi connectivity index (χ0) is 10.8. The Labute approximate surface area is 88.6 Å². The number of ether oxygens (including phenoxy) is 1. The second-order valence-electron chi connectivity index (χ2n) is 4.03. The molecule has 0 aliphatic rings. The fraction of sp³-hybridized carbons (Fsp3) is 1.00. The van der Waals surface area contributed by atoms with Crippen LogP contribution >= 0.6 is 0 Å². The minimum absolute atomic E-state index is 0.717. The lowest BCUT2D eigenvalue weighted by molar-refractivity contribution is 0.108. The molecule has 0 aromatic carbocycles. The smallest absolute Gasteiger partial charge is 0.0593 e. The van der Waals surface area contributed by atoms with Gasteiger partial charge < -0.3 is 15.4 Å². The van der Waals surface area contributed by atoms with Gasteiger partial charge in [0.2, 0.25) is 0 Å². The molecule has 3 nitrogen and oxygen atoms in total. The number of hydrogen-bond acceptors (Lipinski definition) is 3. The van der Waals surface area contributed by atoms with Crippen molar-refractivity contribution in [1.82, 2.24) is 4.90 Å². The molecule has 0 fully saturated rings. The van der Waals surface area contributed by atoms with Gasteiger partial charge in [-0.1, -0.05) is 13.8 Å². The summed E-state index contributed by atoms with van der Waals surface area (Å²) >= 11 is 0. The van der Waals surface area contributed by atoms with Gasteiger partial charge in [-0.25, -0.2) is 0 Å². The number of hydrogen-bond donors (Lipinski definition) is 1. The first-order valence-corrected chi connectivity index (χ1v) is 5.70. The summed E-state index contributed by atoms with van der Waals surface area (Å²) in [5.74, 6) is 0.717. The van der Waals surface area contributed by atoms with Crippen LogP contribution in [0.3, 0.4) is 0 Å². The molecule has 2 N–H and O–H groups in total. The molecule has 0 aliphatic carbocycles. The van der Waals surface area contributed by atoms with E-state index in [-0.39, 0.29) is 0 Å². The molecule has 0 spiro atoms. The summed E-state index contributed by atoms with van der Waals surface area (Å²) in [6, 6.07) is 0. The highest BCUT2D eigenvalue weighted by atomic mass is 16.5. The highest BCUT2D eigenvalue weighted by Crippen LogP contribution is 1.99. The largest absolute Gasteiger partial charge is 0.380 e. The highest BCUT2D eigenvalue weighted by molar-refractivity contribution is 4.60. The van der Waals surface area contributed by atoms with Crippen molar-refractivity contribution in [2.75, 3.05) is 39.4 Å². The van der Waals surface area contributed by atoms with E-state index in [2.05, 4.69) is 18.7 Å². The van der Waals surface area contributed by atoms with Crippen LogP contribution in [0.5, 0.6) is 0 Å². The molecule has 0 saturated heterocycles. The van der Waals surface area contributed by atoms with Crippen LogP contribution in [-0.2, 0) is 4.74 Å². The first kappa shape index (κ1) is 13.9. The van der Waals surface area contributed by atoms with Crippen molar-refractivity contribution < 1.29 is 4.74 Å². The topological polar surface area (TPSA) is 38.5 Å². The Morgan fingerprint density at radius 2 is 2.00 bits per heavy atom. The molecule has 0 aromatic rings. The lowest BCUT2D eigenvalue weighted by Gasteiger charge is -2.23. The standard InChI is InChI=1S/C11H26N2O/c1-4-14-9-8-13(7-5-6-12)10-11(2)3/h11H,4-10,12H2,1-3H3. The van der Waals surface area contributed by atoms with Crippen molar-refractivity contribution in [3.63, 3.8) is 0 Å². The maximum absolute atomic E-state index is 5.50. The molecule has 0 unspecified atom stereocenters. The zero-order valence-corrected chi connectivity index (χ0v) is 9.96. The molecule has 0 rings (SSSR count). The van der Waals surface area contributed by atoms with Crippen molar-refractivity contribution >= 4 is 0 Å². The molecule has 0 radical (unpaired) electrons. The minimum atomic E-state index is 0.717. The summed E-state index contributed by atoms with van der Waals surface area (Å²) in [5.41, 5.74) is 5.50. The van der Waals surface area contributed by atoms with Gasteiger partial charge in [0.1, 0.15) is 0 Å². The number of rotatable bonds is 9. The fourth-order valence-electron chi connectivity index (χ4n) is 1.46. The van der Waals surface area contributed by atoms with E-state index in [4.69, 9.17) is 10.5 Å². The van der Waals surface area contributed by atoms with E-state index < -0.39 is 0 Å². The molecule has 0 amide bonds. The molecule has 0 atom stereocenters. The van der Waals surface area contributed by atoms with Crippen LogP contribution < -0.4 is 5.73 Å². The minimum Gasteiger partial charge on any atom is -0.380 e. The van der Waals surface area contributed by atoms with Crippen molar-refractivity contribution in [2.45, 2.75) is 27.2 Å². The molecular formula is C11H26N2O. The molecule has 14 heavy (non-hydrogen) atoms. The highest BCUT2D eigenvalue weighted by Gasteiger charge is 2.05. The number of nitrogens with two attached hydrogens (primary N) is 1. The van der Waals surface area contributed by atoms with Crippen molar-refractivity contribution in [3.8, 4) is 0 Å². The maximum atomic E-state index is 5.50. The van der Waals surface area contributed by atoms with E-state index in [1.807, 2.05) is 6.92 Å². The lowest BCUT2D eigenvalue weighted by Crippen LogP contribution is -2.33. The van der Waals surface area contributed by atoms with Gasteiger partial charge in [-0.15, -0.1) is 0 Å². The van der Waals surface area contributed by atoms with E-state index >= 15 is 0 Å². The first-order valence-electron chi connectivity index (χ1n) is 5.70. The summed E-state index contributed by atoms with van der Waals surface area (Å²) in [4.78, 5) is 2.44. The summed E-state index contributed by atoms with van der Waals surface area (Å²) < 4.78 is 5.35. The summed E-state index contributed by atoms with van der Waals surface area (Å²) in [6.45, 7) is 12.2. The second kappa shape index (κ2) is 9.44. The van der Waals surface area contributed by atoms with Gasteiger partial charge in [0.25, 0.3) is 0 Å². The lowest BCUT2D eigenvalue weighted by atomic mass is 10.2. The third-order valence-electron chi connectivity index (χ3n) is 2.06. The van der Waals surface area contributed by atoms with Gasteiger partial charge in [-0.2, -0.15) is 0 Å². The molecule has 0 bridgehead atoms. The van der Waals surface area contributed by atoms with Crippen molar-refractivity contribution in [2.24, 2.45) is 11.7 Å². The summed E-state index contributed by atoms with van der Waals surface area (Å²) in [6.07, 6.45) is 1.08. The van der Waals surface area contributed by atoms with Gasteiger partial charge in [-0.05, 0) is 32.4 Å². The summed E-state index contributed by atoms with van der Waals surface area (Å²) in [7, 11) is 0. The van der Waals surface area contributed by atoms with Crippen LogP contribution in [0.2, 0.25) is 0 Å². The Morgan fingerprint density at radius 3 is 2.50 bits per heavy atom. The predicted molar refractivity (Wildman–Crippen MR) is 61.4 cm³/mol. The molecule has 0 aliphatic heterocycles. The van der Waals surface area contributed by atoms with E-state index in [1.165, 1.54) is 0 Å². The van der Waals surface area contributed by atoms with Crippen LogP contribution in [0, 0.1) is 5.92 Å². The van der Waals surface area contributed by atoms with Crippen molar-refractivity contribution in [1.29, 1.82) is 0 Å². The Kier molecular flexibility index (Phi) is 9.35. The van der Waals surface area contributed by atoms with Gasteiger partial charge in [0, 0.05) is 19.7 Å². The average Bonchev–Trinajstić information content (AvgIpc) is 2.13. The monoisotopic (exact) mass is 202 g/mol. The fourth-order valence-corrected chi connectivity index (χ4v) is 1.46. The van der Waals surface area contributed by atoms with E-state index in [0.29, 0.717) is 0 Å². The quantitative estimate of drug-likeness (QED) is 0.573. The first-order chi connectivity index (χ1) is 6.70. The molecule has 0 heterocycles. The zero-order valence-electron chi connectivity index (χ0n) is 9.96. The Bertz CT molecular complexity index is 118. The van der Waals surface area contributed by atoms with Gasteiger partial charge >= 0.3 is 0 Å². The SMILES string of the molecule is CCOCCN(CCCN)CC(C)C. The number of nitrogens with zero attached hydrogens (tertiary/aromatic N) is 1. The Morgan fingerprint density at radius 1 is 1.29 bits per heavy atom. The molecule has 86 valence electrons. The summed E-state index contributed by atoms with van der Waals surface area (Å²) in [5, 5.41) is 0.